The van der Waals surface area contributed by atoms with Crippen molar-refractivity contribution in [1.29, 1.82) is 0 Å². The van der Waals surface area contributed by atoms with Crippen LogP contribution in [-0.2, 0) is 10.0 Å². The van der Waals surface area contributed by atoms with Crippen LogP contribution < -0.4 is 9.62 Å². The van der Waals surface area contributed by atoms with Crippen LogP contribution in [0.15, 0.2) is 29.2 Å². The third kappa shape index (κ3) is 3.72. The number of nitrogens with one attached hydrogen (secondary N) is 1. The molecule has 2 saturated heterocycles. The minimum atomic E-state index is -4.73. The molecule has 1 atom stereocenters. The molecule has 0 bridgehead atoms. The van der Waals surface area contributed by atoms with Gasteiger partial charge in [0, 0.05) is 24.7 Å². The zero-order chi connectivity index (χ0) is 21.7. The highest BCUT2D eigenvalue weighted by molar-refractivity contribution is 7.92. The van der Waals surface area contributed by atoms with Crippen LogP contribution in [0.2, 0.25) is 5.02 Å². The summed E-state index contributed by atoms with van der Waals surface area (Å²) in [6, 6.07) is 4.31. The zero-order valence-electron chi connectivity index (χ0n) is 16.1. The number of anilines is 2. The second-order valence-electron chi connectivity index (χ2n) is 7.79. The molecule has 2 aliphatic heterocycles. The molecule has 1 aromatic heterocycles. The quantitative estimate of drug-likeness (QED) is 0.545. The second kappa shape index (κ2) is 7.58. The molecule has 0 unspecified atom stereocenters. The van der Waals surface area contributed by atoms with Gasteiger partial charge in [-0.2, -0.15) is 4.39 Å². The Labute approximate surface area is 177 Å². The summed E-state index contributed by atoms with van der Waals surface area (Å²) in [5, 5.41) is -0.475. The van der Waals surface area contributed by atoms with Crippen LogP contribution in [-0.4, -0.2) is 50.0 Å². The number of hydrogen-bond acceptors (Lipinski definition) is 5. The fraction of sp³-hybridized carbons (Fsp3) is 0.421. The van der Waals surface area contributed by atoms with E-state index in [1.54, 1.807) is 4.90 Å². The maximum absolute atomic E-state index is 15.0. The molecule has 30 heavy (non-hydrogen) atoms. The Kier molecular flexibility index (Phi) is 5.36. The number of nitrogens with zero attached hydrogens (tertiary/aromatic N) is 3. The Morgan fingerprint density at radius 2 is 1.93 bits per heavy atom. The predicted molar refractivity (Wildman–Crippen MR) is 108 cm³/mol. The normalized spacial score (nSPS) is 22.2. The molecular weight excluding hydrogens is 441 g/mol. The first-order chi connectivity index (χ1) is 14.1. The molecule has 2 aliphatic rings. The monoisotopic (exact) mass is 460 g/mol. The van der Waals surface area contributed by atoms with Gasteiger partial charge in [-0.1, -0.05) is 17.7 Å². The Hall–Kier alpha value is -2.04. The lowest BCUT2D eigenvalue weighted by Crippen LogP contribution is -2.54. The maximum Gasteiger partial charge on any atom is 0.268 e. The molecule has 0 spiro atoms. The molecule has 4 rings (SSSR count). The van der Waals surface area contributed by atoms with Gasteiger partial charge < -0.3 is 4.90 Å². The molecule has 0 saturated carbocycles. The Bertz CT molecular complexity index is 1100. The highest BCUT2D eigenvalue weighted by Gasteiger charge is 2.42. The van der Waals surface area contributed by atoms with Gasteiger partial charge in [-0.3, -0.25) is 9.62 Å². The molecule has 0 amide bonds. The fourth-order valence-electron chi connectivity index (χ4n) is 3.96. The summed E-state index contributed by atoms with van der Waals surface area (Å²) in [5.41, 5.74) is -0.0112. The molecule has 3 heterocycles. The summed E-state index contributed by atoms with van der Waals surface area (Å²) in [5.74, 6) is -4.02. The number of hydrogen-bond donors (Lipinski definition) is 1. The molecule has 162 valence electrons. The summed E-state index contributed by atoms with van der Waals surface area (Å²) in [4.78, 5) is 6.21. The van der Waals surface area contributed by atoms with Crippen LogP contribution in [0.3, 0.4) is 0 Å². The molecule has 1 aromatic carbocycles. The van der Waals surface area contributed by atoms with Crippen molar-refractivity contribution >= 4 is 33.1 Å². The van der Waals surface area contributed by atoms with Gasteiger partial charge in [0.05, 0.1) is 5.69 Å². The number of rotatable bonds is 5. The van der Waals surface area contributed by atoms with Crippen LogP contribution >= 0.6 is 11.6 Å². The molecule has 2 fully saturated rings. The van der Waals surface area contributed by atoms with E-state index in [0.717, 1.165) is 44.1 Å². The third-order valence-corrected chi connectivity index (χ3v) is 7.48. The van der Waals surface area contributed by atoms with Crippen molar-refractivity contribution in [3.63, 3.8) is 0 Å². The van der Waals surface area contributed by atoms with Crippen molar-refractivity contribution in [1.82, 2.24) is 9.88 Å². The third-order valence-electron chi connectivity index (χ3n) is 5.73. The number of aromatic nitrogens is 1. The molecule has 6 nitrogen and oxygen atoms in total. The summed E-state index contributed by atoms with van der Waals surface area (Å²) < 4.78 is 69.9. The van der Waals surface area contributed by atoms with Crippen LogP contribution in [0, 0.1) is 17.6 Å². The van der Waals surface area contributed by atoms with E-state index in [4.69, 9.17) is 11.6 Å². The summed E-state index contributed by atoms with van der Waals surface area (Å²) in [6.45, 7) is 5.14. The first-order valence-electron chi connectivity index (χ1n) is 9.44. The molecule has 1 N–H and O–H groups in total. The lowest BCUT2D eigenvalue weighted by molar-refractivity contribution is 0.0576. The number of benzene rings is 1. The van der Waals surface area contributed by atoms with E-state index in [1.165, 1.54) is 6.07 Å². The fourth-order valence-corrected chi connectivity index (χ4v) is 5.43. The SMILES string of the molecule is C[C@@]1(N2CCC2)CCN(c2cc(F)c(S(=O)(=O)Nc3cccc(F)n3)c(F)c2Cl)C1. The van der Waals surface area contributed by atoms with Gasteiger partial charge in [-0.05, 0) is 45.0 Å². The van der Waals surface area contributed by atoms with Crippen molar-refractivity contribution < 1.29 is 21.6 Å². The van der Waals surface area contributed by atoms with Crippen molar-refractivity contribution in [2.45, 2.75) is 30.2 Å². The molecule has 0 radical (unpaired) electrons. The van der Waals surface area contributed by atoms with Gasteiger partial charge in [0.1, 0.15) is 16.7 Å². The van der Waals surface area contributed by atoms with Gasteiger partial charge in [-0.25, -0.2) is 22.2 Å². The summed E-state index contributed by atoms with van der Waals surface area (Å²) in [6.07, 6.45) is 1.93. The lowest BCUT2D eigenvalue weighted by Gasteiger charge is -2.44. The van der Waals surface area contributed by atoms with Crippen LogP contribution in [0.1, 0.15) is 19.8 Å². The minimum Gasteiger partial charge on any atom is -0.368 e. The van der Waals surface area contributed by atoms with Crippen molar-refractivity contribution in [2.75, 3.05) is 35.8 Å². The van der Waals surface area contributed by atoms with E-state index in [1.807, 2.05) is 4.72 Å². The number of halogens is 4. The largest absolute Gasteiger partial charge is 0.368 e. The van der Waals surface area contributed by atoms with Crippen LogP contribution in [0.5, 0.6) is 0 Å². The average Bonchev–Trinajstić information content (AvgIpc) is 2.98. The predicted octanol–water partition coefficient (Wildman–Crippen LogP) is 3.63. The Morgan fingerprint density at radius 1 is 1.20 bits per heavy atom. The number of sulfonamides is 1. The lowest BCUT2D eigenvalue weighted by atomic mass is 9.95. The Morgan fingerprint density at radius 3 is 2.57 bits per heavy atom. The summed E-state index contributed by atoms with van der Waals surface area (Å²) in [7, 11) is -4.73. The van der Waals surface area contributed by atoms with E-state index in [0.29, 0.717) is 13.1 Å². The van der Waals surface area contributed by atoms with Crippen molar-refractivity contribution in [3.05, 3.63) is 46.9 Å². The van der Waals surface area contributed by atoms with Crippen molar-refractivity contribution in [3.8, 4) is 0 Å². The van der Waals surface area contributed by atoms with Gasteiger partial charge in [-0.15, -0.1) is 0 Å². The van der Waals surface area contributed by atoms with E-state index in [-0.39, 0.29) is 11.2 Å². The topological polar surface area (TPSA) is 65.5 Å². The highest BCUT2D eigenvalue weighted by Crippen LogP contribution is 2.40. The summed E-state index contributed by atoms with van der Waals surface area (Å²) >= 11 is 6.14. The van der Waals surface area contributed by atoms with Gasteiger partial charge in [0.15, 0.2) is 10.7 Å². The van der Waals surface area contributed by atoms with E-state index >= 15 is 0 Å². The molecule has 2 aromatic rings. The number of pyridine rings is 1. The Balaban J connectivity index is 1.65. The zero-order valence-corrected chi connectivity index (χ0v) is 17.7. The van der Waals surface area contributed by atoms with Gasteiger partial charge >= 0.3 is 0 Å². The molecular formula is C19H20ClF3N4O2S. The maximum atomic E-state index is 15.0. The van der Waals surface area contributed by atoms with Crippen molar-refractivity contribution in [2.24, 2.45) is 0 Å². The van der Waals surface area contributed by atoms with E-state index in [2.05, 4.69) is 16.8 Å². The standard InChI is InChI=1S/C19H20ClF3N4O2S/c1-19(27-7-3-8-27)6-9-26(11-19)13-10-12(21)18(17(23)16(13)20)30(28,29)25-15-5-2-4-14(22)24-15/h2,4-5,10H,3,6-9,11H2,1H3,(H,24,25)/t19-/m1/s1. The van der Waals surface area contributed by atoms with E-state index < -0.39 is 43.3 Å². The minimum absolute atomic E-state index is 0.110. The smallest absolute Gasteiger partial charge is 0.268 e. The van der Waals surface area contributed by atoms with Gasteiger partial charge in [0.25, 0.3) is 10.0 Å². The first-order valence-corrected chi connectivity index (χ1v) is 11.3. The second-order valence-corrected chi connectivity index (χ2v) is 9.79. The molecule has 11 heteroatoms. The highest BCUT2D eigenvalue weighted by atomic mass is 35.5. The van der Waals surface area contributed by atoms with E-state index in [9.17, 15) is 21.6 Å². The number of likely N-dealkylation sites (tertiary alicyclic amines) is 1. The van der Waals surface area contributed by atoms with Crippen LogP contribution in [0.4, 0.5) is 24.7 Å². The first kappa shape index (κ1) is 21.2. The van der Waals surface area contributed by atoms with Gasteiger partial charge in [0.2, 0.25) is 5.95 Å². The molecule has 0 aliphatic carbocycles. The van der Waals surface area contributed by atoms with Crippen LogP contribution in [0.25, 0.3) is 0 Å². The average molecular weight is 461 g/mol.